The fraction of sp³-hybridized carbons (Fsp3) is 0.562. The predicted octanol–water partition coefficient (Wildman–Crippen LogP) is 2.35. The monoisotopic (exact) mass is 363 g/mol. The quantitative estimate of drug-likeness (QED) is 0.842. The van der Waals surface area contributed by atoms with Crippen molar-refractivity contribution in [3.05, 3.63) is 29.3 Å². The van der Waals surface area contributed by atoms with Gasteiger partial charge in [-0.25, -0.2) is 0 Å². The van der Waals surface area contributed by atoms with Crippen molar-refractivity contribution in [3.8, 4) is 0 Å². The van der Waals surface area contributed by atoms with E-state index < -0.39 is 0 Å². The van der Waals surface area contributed by atoms with Crippen LogP contribution in [0.25, 0.3) is 0 Å². The van der Waals surface area contributed by atoms with Crippen LogP contribution in [0, 0.1) is 6.92 Å². The molecule has 0 radical (unpaired) electrons. The van der Waals surface area contributed by atoms with E-state index in [0.717, 1.165) is 44.1 Å². The zero-order valence-electron chi connectivity index (χ0n) is 13.7. The van der Waals surface area contributed by atoms with Gasteiger partial charge in [-0.15, -0.1) is 24.8 Å². The van der Waals surface area contributed by atoms with E-state index in [1.807, 2.05) is 13.8 Å². The third kappa shape index (κ3) is 7.50. The number of ether oxygens (including phenoxy) is 1. The van der Waals surface area contributed by atoms with Crippen molar-refractivity contribution in [2.45, 2.75) is 32.9 Å². The maximum atomic E-state index is 11.9. The van der Waals surface area contributed by atoms with Crippen LogP contribution in [0.15, 0.2) is 18.2 Å². The Hall–Kier alpha value is -0.850. The molecule has 1 aromatic carbocycles. The maximum absolute atomic E-state index is 11.9. The number of carbonyl (C=O) groups is 1. The zero-order valence-corrected chi connectivity index (χ0v) is 15.3. The van der Waals surface area contributed by atoms with E-state index in [0.29, 0.717) is 6.42 Å². The second-order valence-electron chi connectivity index (χ2n) is 5.77. The number of nitrogens with two attached hydrogens (primary N) is 1. The van der Waals surface area contributed by atoms with Crippen LogP contribution in [-0.2, 0) is 16.1 Å². The SMILES string of the molecule is Cc1ccc(CN2CCOCC2)cc1NC(=O)CC(C)N.Cl.Cl. The minimum atomic E-state index is -0.123. The Labute approximate surface area is 150 Å². The van der Waals surface area contributed by atoms with Gasteiger partial charge in [-0.1, -0.05) is 12.1 Å². The number of anilines is 1. The lowest BCUT2D eigenvalue weighted by atomic mass is 10.1. The van der Waals surface area contributed by atoms with E-state index >= 15 is 0 Å². The fourth-order valence-electron chi connectivity index (χ4n) is 2.41. The smallest absolute Gasteiger partial charge is 0.225 e. The van der Waals surface area contributed by atoms with Crippen LogP contribution in [0.2, 0.25) is 0 Å². The van der Waals surface area contributed by atoms with Crippen molar-refractivity contribution in [2.75, 3.05) is 31.6 Å². The van der Waals surface area contributed by atoms with Crippen molar-refractivity contribution in [1.82, 2.24) is 4.90 Å². The van der Waals surface area contributed by atoms with Crippen LogP contribution >= 0.6 is 24.8 Å². The lowest BCUT2D eigenvalue weighted by Gasteiger charge is -2.26. The number of carbonyl (C=O) groups excluding carboxylic acids is 1. The molecular formula is C16H27Cl2N3O2. The summed E-state index contributed by atoms with van der Waals surface area (Å²) in [5.41, 5.74) is 8.82. The molecule has 1 atom stereocenters. The van der Waals surface area contributed by atoms with E-state index in [9.17, 15) is 4.79 Å². The minimum Gasteiger partial charge on any atom is -0.379 e. The molecule has 1 unspecified atom stereocenters. The maximum Gasteiger partial charge on any atom is 0.225 e. The van der Waals surface area contributed by atoms with E-state index in [1.54, 1.807) is 0 Å². The first kappa shape index (κ1) is 22.1. The molecule has 7 heteroatoms. The third-order valence-corrected chi connectivity index (χ3v) is 3.59. The van der Waals surface area contributed by atoms with Crippen LogP contribution in [-0.4, -0.2) is 43.2 Å². The number of nitrogens with one attached hydrogen (secondary N) is 1. The second kappa shape index (κ2) is 10.8. The van der Waals surface area contributed by atoms with Gasteiger partial charge in [0.25, 0.3) is 0 Å². The Kier molecular flexibility index (Phi) is 10.4. The molecule has 0 aliphatic carbocycles. The molecule has 1 aromatic rings. The summed E-state index contributed by atoms with van der Waals surface area (Å²) in [7, 11) is 0. The molecule has 1 heterocycles. The molecule has 1 saturated heterocycles. The second-order valence-corrected chi connectivity index (χ2v) is 5.77. The highest BCUT2D eigenvalue weighted by molar-refractivity contribution is 5.91. The van der Waals surface area contributed by atoms with Gasteiger partial charge in [0.1, 0.15) is 0 Å². The fourth-order valence-corrected chi connectivity index (χ4v) is 2.41. The summed E-state index contributed by atoms with van der Waals surface area (Å²) in [5, 5.41) is 2.96. The summed E-state index contributed by atoms with van der Waals surface area (Å²) in [6.45, 7) is 8.23. The first-order valence-corrected chi connectivity index (χ1v) is 7.49. The molecule has 23 heavy (non-hydrogen) atoms. The molecule has 0 bridgehead atoms. The Morgan fingerprint density at radius 1 is 1.35 bits per heavy atom. The van der Waals surface area contributed by atoms with Crippen LogP contribution < -0.4 is 11.1 Å². The van der Waals surface area contributed by atoms with Crippen LogP contribution in [0.5, 0.6) is 0 Å². The number of benzene rings is 1. The summed E-state index contributed by atoms with van der Waals surface area (Å²) < 4.78 is 5.36. The number of halogens is 2. The Bertz CT molecular complexity index is 492. The lowest BCUT2D eigenvalue weighted by molar-refractivity contribution is -0.116. The third-order valence-electron chi connectivity index (χ3n) is 3.59. The number of hydrogen-bond acceptors (Lipinski definition) is 4. The molecule has 2 rings (SSSR count). The molecule has 5 nitrogen and oxygen atoms in total. The number of amides is 1. The molecule has 3 N–H and O–H groups in total. The first-order valence-electron chi connectivity index (χ1n) is 7.49. The van der Waals surface area contributed by atoms with Crippen LogP contribution in [0.1, 0.15) is 24.5 Å². The number of rotatable bonds is 5. The van der Waals surface area contributed by atoms with E-state index in [1.165, 1.54) is 5.56 Å². The van der Waals surface area contributed by atoms with Gasteiger partial charge >= 0.3 is 0 Å². The highest BCUT2D eigenvalue weighted by Crippen LogP contribution is 2.19. The molecule has 0 aromatic heterocycles. The number of nitrogens with zero attached hydrogens (tertiary/aromatic N) is 1. The van der Waals surface area contributed by atoms with Gasteiger partial charge in [-0.3, -0.25) is 9.69 Å². The van der Waals surface area contributed by atoms with Gasteiger partial charge in [0.05, 0.1) is 13.2 Å². The molecule has 1 aliphatic heterocycles. The van der Waals surface area contributed by atoms with Crippen molar-refractivity contribution < 1.29 is 9.53 Å². The van der Waals surface area contributed by atoms with Gasteiger partial charge < -0.3 is 15.8 Å². The summed E-state index contributed by atoms with van der Waals surface area (Å²) in [5.74, 6) is -0.0309. The molecule has 132 valence electrons. The van der Waals surface area contributed by atoms with Crippen molar-refractivity contribution in [2.24, 2.45) is 5.73 Å². The molecule has 0 spiro atoms. The normalized spacial score (nSPS) is 16.0. The van der Waals surface area contributed by atoms with E-state index in [-0.39, 0.29) is 36.8 Å². The van der Waals surface area contributed by atoms with Gasteiger partial charge in [-0.05, 0) is 31.0 Å². The summed E-state index contributed by atoms with van der Waals surface area (Å²) in [6, 6.07) is 6.11. The number of hydrogen-bond donors (Lipinski definition) is 2. The van der Waals surface area contributed by atoms with Crippen molar-refractivity contribution >= 4 is 36.4 Å². The standard InChI is InChI=1S/C16H25N3O2.2ClH/c1-12-3-4-14(11-19-5-7-21-8-6-19)10-15(12)18-16(20)9-13(2)17;;/h3-4,10,13H,5-9,11,17H2,1-2H3,(H,18,20);2*1H. The Balaban J connectivity index is 0.00000242. The van der Waals surface area contributed by atoms with Crippen molar-refractivity contribution in [3.63, 3.8) is 0 Å². The zero-order chi connectivity index (χ0) is 15.2. The molecule has 1 amide bonds. The average molecular weight is 364 g/mol. The summed E-state index contributed by atoms with van der Waals surface area (Å²) in [6.07, 6.45) is 0.340. The van der Waals surface area contributed by atoms with Gasteiger partial charge in [0, 0.05) is 37.8 Å². The topological polar surface area (TPSA) is 67.6 Å². The van der Waals surface area contributed by atoms with E-state index in [4.69, 9.17) is 10.5 Å². The number of aryl methyl sites for hydroxylation is 1. The molecule has 1 fully saturated rings. The Morgan fingerprint density at radius 3 is 2.61 bits per heavy atom. The minimum absolute atomic E-state index is 0. The molecule has 1 aliphatic rings. The number of morpholine rings is 1. The average Bonchev–Trinajstić information content (AvgIpc) is 2.43. The largest absolute Gasteiger partial charge is 0.379 e. The lowest BCUT2D eigenvalue weighted by Crippen LogP contribution is -2.35. The summed E-state index contributed by atoms with van der Waals surface area (Å²) in [4.78, 5) is 14.2. The van der Waals surface area contributed by atoms with Gasteiger partial charge in [0.15, 0.2) is 0 Å². The van der Waals surface area contributed by atoms with Crippen molar-refractivity contribution in [1.29, 1.82) is 0 Å². The Morgan fingerprint density at radius 2 is 2.00 bits per heavy atom. The van der Waals surface area contributed by atoms with Crippen LogP contribution in [0.3, 0.4) is 0 Å². The highest BCUT2D eigenvalue weighted by Gasteiger charge is 2.12. The molecular weight excluding hydrogens is 337 g/mol. The van der Waals surface area contributed by atoms with Gasteiger partial charge in [-0.2, -0.15) is 0 Å². The summed E-state index contributed by atoms with van der Waals surface area (Å²) >= 11 is 0. The van der Waals surface area contributed by atoms with Crippen LogP contribution in [0.4, 0.5) is 5.69 Å². The van der Waals surface area contributed by atoms with Gasteiger partial charge in [0.2, 0.25) is 5.91 Å². The molecule has 0 saturated carbocycles. The first-order chi connectivity index (χ1) is 10.0. The highest BCUT2D eigenvalue weighted by atomic mass is 35.5. The predicted molar refractivity (Wildman–Crippen MR) is 98.7 cm³/mol. The van der Waals surface area contributed by atoms with E-state index in [2.05, 4.69) is 28.4 Å².